The van der Waals surface area contributed by atoms with Crippen LogP contribution in [0, 0.1) is 0 Å². The van der Waals surface area contributed by atoms with Crippen LogP contribution in [0.4, 0.5) is 0 Å². The Morgan fingerprint density at radius 3 is 2.23 bits per heavy atom. The van der Waals surface area contributed by atoms with Crippen molar-refractivity contribution in [2.24, 2.45) is 5.73 Å². The Balaban J connectivity index is 0.000000187. The molecule has 3 aromatic rings. The van der Waals surface area contributed by atoms with Gasteiger partial charge in [0.15, 0.2) is 0 Å². The molecule has 0 radical (unpaired) electrons. The molecule has 0 aliphatic carbocycles. The Hall–Kier alpha value is -2.30. The lowest BCUT2D eigenvalue weighted by molar-refractivity contribution is 0.100. The molecule has 4 N–H and O–H groups in total. The Kier molecular flexibility index (Phi) is 8.19. The topological polar surface area (TPSA) is 92.8 Å². The lowest BCUT2D eigenvalue weighted by Crippen LogP contribution is -2.10. The van der Waals surface area contributed by atoms with Crippen LogP contribution in [0.15, 0.2) is 72.8 Å². The first kappa shape index (κ1) is 20.0. The maximum absolute atomic E-state index is 10.9. The van der Waals surface area contributed by atoms with Crippen molar-refractivity contribution in [3.63, 3.8) is 0 Å². The second kappa shape index (κ2) is 10.6. The normalized spacial score (nSPS) is 10.4. The van der Waals surface area contributed by atoms with Crippen molar-refractivity contribution < 1.29 is 19.1 Å². The van der Waals surface area contributed by atoms with Gasteiger partial charge in [0, 0.05) is 5.56 Å². The SMILES string of the molecule is NC(=O)c1ccc2ccccc2c1.OP(O)OCCCc1ccccc1. The van der Waals surface area contributed by atoms with Gasteiger partial charge < -0.3 is 20.0 Å². The molecule has 0 atom stereocenters. The van der Waals surface area contributed by atoms with Crippen molar-refractivity contribution in [2.45, 2.75) is 12.8 Å². The molecule has 0 bridgehead atoms. The Labute approximate surface area is 154 Å². The Morgan fingerprint density at radius 2 is 1.58 bits per heavy atom. The molecule has 0 spiro atoms. The standard InChI is InChI=1S/C11H9NO.C9H13O3P/c12-11(13)10-6-5-8-3-1-2-4-9(8)7-10;10-13(11)12-8-4-7-9-5-2-1-3-6-9/h1-7H,(H2,12,13);1-3,5-6,10-11H,4,7-8H2. The summed E-state index contributed by atoms with van der Waals surface area (Å²) in [6.07, 6.45) is 1.72. The maximum Gasteiger partial charge on any atom is 0.327 e. The molecule has 1 amide bonds. The van der Waals surface area contributed by atoms with E-state index >= 15 is 0 Å². The van der Waals surface area contributed by atoms with Crippen molar-refractivity contribution in [1.82, 2.24) is 0 Å². The van der Waals surface area contributed by atoms with Gasteiger partial charge in [0.2, 0.25) is 5.91 Å². The Bertz CT molecular complexity index is 824. The van der Waals surface area contributed by atoms with E-state index in [1.165, 1.54) is 5.56 Å². The van der Waals surface area contributed by atoms with Crippen LogP contribution in [0.5, 0.6) is 0 Å². The van der Waals surface area contributed by atoms with Crippen LogP contribution in [0.1, 0.15) is 22.3 Å². The molecule has 3 rings (SSSR count). The molecule has 0 aliphatic heterocycles. The van der Waals surface area contributed by atoms with E-state index in [4.69, 9.17) is 15.5 Å². The largest absolute Gasteiger partial charge is 0.366 e. The maximum atomic E-state index is 10.9. The lowest BCUT2D eigenvalue weighted by atomic mass is 10.1. The summed E-state index contributed by atoms with van der Waals surface area (Å²) in [5.41, 5.74) is 6.96. The van der Waals surface area contributed by atoms with Gasteiger partial charge in [-0.25, -0.2) is 0 Å². The van der Waals surface area contributed by atoms with Crippen LogP contribution in [-0.2, 0) is 10.9 Å². The molecule has 3 aromatic carbocycles. The van der Waals surface area contributed by atoms with Crippen LogP contribution in [0.2, 0.25) is 0 Å². The number of rotatable bonds is 6. The quantitative estimate of drug-likeness (QED) is 0.454. The minimum absolute atomic E-state index is 0.384. The second-order valence-electron chi connectivity index (χ2n) is 5.60. The highest BCUT2D eigenvalue weighted by molar-refractivity contribution is 7.39. The molecule has 0 saturated carbocycles. The third-order valence-corrected chi connectivity index (χ3v) is 4.11. The number of carbonyl (C=O) groups excluding carboxylic acids is 1. The summed E-state index contributed by atoms with van der Waals surface area (Å²) in [6, 6.07) is 23.3. The minimum Gasteiger partial charge on any atom is -0.366 e. The monoisotopic (exact) mass is 371 g/mol. The molecule has 26 heavy (non-hydrogen) atoms. The molecule has 136 valence electrons. The number of nitrogens with two attached hydrogens (primary N) is 1. The van der Waals surface area contributed by atoms with E-state index in [0.29, 0.717) is 12.2 Å². The van der Waals surface area contributed by atoms with Gasteiger partial charge in [-0.2, -0.15) is 0 Å². The minimum atomic E-state index is -2.18. The van der Waals surface area contributed by atoms with Crippen molar-refractivity contribution >= 4 is 25.3 Å². The fraction of sp³-hybridized carbons (Fsp3) is 0.150. The summed E-state index contributed by atoms with van der Waals surface area (Å²) in [7, 11) is -2.18. The number of primary amides is 1. The predicted octanol–water partition coefficient (Wildman–Crippen LogP) is 3.79. The average molecular weight is 371 g/mol. The van der Waals surface area contributed by atoms with Gasteiger partial charge in [0.25, 0.3) is 0 Å². The molecule has 0 unspecified atom stereocenters. The first-order valence-electron chi connectivity index (χ1n) is 8.19. The van der Waals surface area contributed by atoms with E-state index in [1.54, 1.807) is 12.1 Å². The Morgan fingerprint density at radius 1 is 0.923 bits per heavy atom. The van der Waals surface area contributed by atoms with Crippen LogP contribution >= 0.6 is 8.60 Å². The fourth-order valence-corrected chi connectivity index (χ4v) is 2.70. The molecule has 0 heterocycles. The molecule has 0 saturated heterocycles. The van der Waals surface area contributed by atoms with E-state index < -0.39 is 8.60 Å². The summed E-state index contributed by atoms with van der Waals surface area (Å²) in [6.45, 7) is 0.396. The average Bonchev–Trinajstić information content (AvgIpc) is 2.66. The molecule has 0 aromatic heterocycles. The first-order chi connectivity index (χ1) is 12.6. The van der Waals surface area contributed by atoms with Crippen molar-refractivity contribution in [3.8, 4) is 0 Å². The van der Waals surface area contributed by atoms with Gasteiger partial charge in [0.1, 0.15) is 0 Å². The zero-order chi connectivity index (χ0) is 18.8. The third kappa shape index (κ3) is 6.90. The number of hydrogen-bond donors (Lipinski definition) is 3. The predicted molar refractivity (Wildman–Crippen MR) is 105 cm³/mol. The van der Waals surface area contributed by atoms with Crippen LogP contribution in [-0.4, -0.2) is 22.3 Å². The molecular weight excluding hydrogens is 349 g/mol. The van der Waals surface area contributed by atoms with E-state index in [-0.39, 0.29) is 5.91 Å². The van der Waals surface area contributed by atoms with Crippen LogP contribution in [0.25, 0.3) is 10.8 Å². The number of aryl methyl sites for hydroxylation is 1. The van der Waals surface area contributed by atoms with Crippen LogP contribution in [0.3, 0.4) is 0 Å². The number of amides is 1. The van der Waals surface area contributed by atoms with Gasteiger partial charge >= 0.3 is 8.60 Å². The molecule has 0 aliphatic rings. The number of hydrogen-bond acceptors (Lipinski definition) is 4. The van der Waals surface area contributed by atoms with E-state index in [9.17, 15) is 4.79 Å². The summed E-state index contributed by atoms with van der Waals surface area (Å²) in [5.74, 6) is -0.384. The zero-order valence-electron chi connectivity index (χ0n) is 14.3. The van der Waals surface area contributed by atoms with Crippen molar-refractivity contribution in [3.05, 3.63) is 83.9 Å². The molecule has 5 nitrogen and oxygen atoms in total. The molecule has 0 fully saturated rings. The summed E-state index contributed by atoms with van der Waals surface area (Å²) in [4.78, 5) is 27.8. The van der Waals surface area contributed by atoms with Gasteiger partial charge in [-0.05, 0) is 41.3 Å². The van der Waals surface area contributed by atoms with Gasteiger partial charge in [-0.15, -0.1) is 0 Å². The van der Waals surface area contributed by atoms with Crippen molar-refractivity contribution in [1.29, 1.82) is 0 Å². The lowest BCUT2D eigenvalue weighted by Gasteiger charge is -2.03. The second-order valence-corrected chi connectivity index (χ2v) is 6.36. The van der Waals surface area contributed by atoms with Gasteiger partial charge in [-0.1, -0.05) is 60.7 Å². The summed E-state index contributed by atoms with van der Waals surface area (Å²) < 4.78 is 4.64. The fourth-order valence-electron chi connectivity index (χ4n) is 2.41. The van der Waals surface area contributed by atoms with E-state index in [0.717, 1.165) is 23.6 Å². The number of fused-ring (bicyclic) bond motifs is 1. The number of carbonyl (C=O) groups is 1. The van der Waals surface area contributed by atoms with Gasteiger partial charge in [-0.3, -0.25) is 4.79 Å². The highest BCUT2D eigenvalue weighted by Gasteiger charge is 2.00. The highest BCUT2D eigenvalue weighted by Crippen LogP contribution is 2.24. The highest BCUT2D eigenvalue weighted by atomic mass is 31.2. The number of benzene rings is 3. The first-order valence-corrected chi connectivity index (χ1v) is 9.36. The smallest absolute Gasteiger partial charge is 0.327 e. The van der Waals surface area contributed by atoms with Crippen molar-refractivity contribution in [2.75, 3.05) is 6.61 Å². The van der Waals surface area contributed by atoms with E-state index in [1.807, 2.05) is 60.7 Å². The zero-order valence-corrected chi connectivity index (χ0v) is 15.2. The molecule has 6 heteroatoms. The molecular formula is C20H22NO4P. The van der Waals surface area contributed by atoms with Crippen LogP contribution < -0.4 is 5.73 Å². The summed E-state index contributed by atoms with van der Waals surface area (Å²) >= 11 is 0. The van der Waals surface area contributed by atoms with Gasteiger partial charge in [0.05, 0.1) is 6.61 Å². The third-order valence-electron chi connectivity index (χ3n) is 3.69. The van der Waals surface area contributed by atoms with E-state index in [2.05, 4.69) is 4.52 Å². The summed E-state index contributed by atoms with van der Waals surface area (Å²) in [5, 5.41) is 2.16.